The largest absolute Gasteiger partial charge is 0.0732 e. The summed E-state index contributed by atoms with van der Waals surface area (Å²) in [6.45, 7) is 13.3. The Morgan fingerprint density at radius 3 is 1.58 bits per heavy atom. The highest BCUT2D eigenvalue weighted by atomic mass is 14.1. The molecule has 0 aromatic carbocycles. The summed E-state index contributed by atoms with van der Waals surface area (Å²) < 4.78 is 0. The van der Waals surface area contributed by atoms with Crippen molar-refractivity contribution in [2.75, 3.05) is 0 Å². The Hall–Kier alpha value is -0.520. The van der Waals surface area contributed by atoms with Gasteiger partial charge in [-0.25, -0.2) is 0 Å². The minimum absolute atomic E-state index is 1.22. The molecule has 0 bridgehead atoms. The summed E-state index contributed by atoms with van der Waals surface area (Å²) in [6.07, 6.45) is 2.46. The molecule has 0 saturated carbocycles. The summed E-state index contributed by atoms with van der Waals surface area (Å²) in [5.74, 6) is 0. The van der Waals surface area contributed by atoms with Crippen LogP contribution in [0.1, 0.15) is 54.4 Å². The molecular formula is C12H22. The molecule has 0 radical (unpaired) electrons. The van der Waals surface area contributed by atoms with Gasteiger partial charge in [0.05, 0.1) is 0 Å². The van der Waals surface area contributed by atoms with Crippen LogP contribution in [0, 0.1) is 0 Å². The third-order valence-corrected chi connectivity index (χ3v) is 2.31. The maximum atomic E-state index is 2.24. The van der Waals surface area contributed by atoms with Gasteiger partial charge in [-0.2, -0.15) is 0 Å². The molecule has 0 aromatic heterocycles. The molecule has 0 amide bonds. The van der Waals surface area contributed by atoms with E-state index < -0.39 is 0 Å². The Morgan fingerprint density at radius 1 is 0.833 bits per heavy atom. The van der Waals surface area contributed by atoms with Crippen LogP contribution in [0.2, 0.25) is 0 Å². The maximum absolute atomic E-state index is 2.24. The van der Waals surface area contributed by atoms with Gasteiger partial charge < -0.3 is 0 Å². The van der Waals surface area contributed by atoms with Gasteiger partial charge in [0.1, 0.15) is 0 Å². The third kappa shape index (κ3) is 3.25. The van der Waals surface area contributed by atoms with Gasteiger partial charge in [-0.15, -0.1) is 0 Å². The Kier molecular flexibility index (Phi) is 4.96. The normalized spacial score (nSPS) is 9.50. The molecule has 70 valence electrons. The Labute approximate surface area is 77.4 Å². The van der Waals surface area contributed by atoms with Gasteiger partial charge in [0.25, 0.3) is 0 Å². The van der Waals surface area contributed by atoms with Gasteiger partial charge in [-0.1, -0.05) is 24.5 Å². The Balaban J connectivity index is 4.79. The minimum Gasteiger partial charge on any atom is -0.0732 e. The lowest BCUT2D eigenvalue weighted by atomic mass is 9.95. The molecule has 0 nitrogen and oxygen atoms in total. The Morgan fingerprint density at radius 2 is 1.33 bits per heavy atom. The van der Waals surface area contributed by atoms with E-state index in [1.165, 1.54) is 29.6 Å². The van der Waals surface area contributed by atoms with E-state index in [1.54, 1.807) is 5.57 Å². The molecule has 12 heavy (non-hydrogen) atoms. The van der Waals surface area contributed by atoms with E-state index in [4.69, 9.17) is 0 Å². The molecule has 0 unspecified atom stereocenters. The van der Waals surface area contributed by atoms with Crippen molar-refractivity contribution in [2.45, 2.75) is 54.4 Å². The van der Waals surface area contributed by atoms with Crippen molar-refractivity contribution >= 4 is 0 Å². The highest BCUT2D eigenvalue weighted by Gasteiger charge is 2.02. The maximum Gasteiger partial charge on any atom is -0.0280 e. The van der Waals surface area contributed by atoms with E-state index in [9.17, 15) is 0 Å². The fraction of sp³-hybridized carbons (Fsp3) is 0.667. The zero-order valence-electron chi connectivity index (χ0n) is 9.41. The second kappa shape index (κ2) is 5.18. The van der Waals surface area contributed by atoms with Gasteiger partial charge in [0, 0.05) is 0 Å². The first-order valence-corrected chi connectivity index (χ1v) is 4.81. The number of hydrogen-bond donors (Lipinski definition) is 0. The molecule has 0 aliphatic carbocycles. The van der Waals surface area contributed by atoms with Crippen LogP contribution < -0.4 is 0 Å². The van der Waals surface area contributed by atoms with Crippen LogP contribution in [0.5, 0.6) is 0 Å². The average Bonchev–Trinajstić information content (AvgIpc) is 1.98. The summed E-state index contributed by atoms with van der Waals surface area (Å²) in [4.78, 5) is 0. The quantitative estimate of drug-likeness (QED) is 0.542. The van der Waals surface area contributed by atoms with Crippen LogP contribution in [0.3, 0.4) is 0 Å². The van der Waals surface area contributed by atoms with Gasteiger partial charge in [-0.3, -0.25) is 0 Å². The molecule has 0 rings (SSSR count). The molecule has 0 fully saturated rings. The molecule has 0 N–H and O–H groups in total. The van der Waals surface area contributed by atoms with Crippen molar-refractivity contribution in [3.05, 3.63) is 22.3 Å². The minimum atomic E-state index is 1.22. The summed E-state index contributed by atoms with van der Waals surface area (Å²) in [5, 5.41) is 0. The van der Waals surface area contributed by atoms with Crippen molar-refractivity contribution in [1.29, 1.82) is 0 Å². The van der Waals surface area contributed by atoms with Crippen molar-refractivity contribution in [2.24, 2.45) is 0 Å². The topological polar surface area (TPSA) is 0 Å². The zero-order valence-corrected chi connectivity index (χ0v) is 9.41. The predicted molar refractivity (Wildman–Crippen MR) is 57.3 cm³/mol. The summed E-state index contributed by atoms with van der Waals surface area (Å²) in [7, 11) is 0. The second-order valence-electron chi connectivity index (χ2n) is 3.85. The van der Waals surface area contributed by atoms with Gasteiger partial charge in [0.15, 0.2) is 0 Å². The first kappa shape index (κ1) is 11.5. The summed E-state index contributed by atoms with van der Waals surface area (Å²) in [6, 6.07) is 0. The van der Waals surface area contributed by atoms with E-state index in [1.807, 2.05) is 0 Å². The molecule has 0 aromatic rings. The van der Waals surface area contributed by atoms with Crippen molar-refractivity contribution in [3.63, 3.8) is 0 Å². The fourth-order valence-electron chi connectivity index (χ4n) is 1.36. The monoisotopic (exact) mass is 166 g/mol. The van der Waals surface area contributed by atoms with E-state index in [2.05, 4.69) is 41.5 Å². The molecule has 0 heteroatoms. The lowest BCUT2D eigenvalue weighted by Gasteiger charge is -2.11. The van der Waals surface area contributed by atoms with Crippen molar-refractivity contribution < 1.29 is 0 Å². The average molecular weight is 166 g/mol. The lowest BCUT2D eigenvalue weighted by molar-refractivity contribution is 0.891. The lowest BCUT2D eigenvalue weighted by Crippen LogP contribution is -1.91. The first-order chi connectivity index (χ1) is 5.50. The van der Waals surface area contributed by atoms with Gasteiger partial charge in [0.2, 0.25) is 0 Å². The van der Waals surface area contributed by atoms with E-state index in [0.717, 1.165) is 0 Å². The van der Waals surface area contributed by atoms with Crippen LogP contribution in [-0.2, 0) is 0 Å². The molecule has 0 aliphatic heterocycles. The molecule has 0 aliphatic rings. The Bertz CT molecular complexity index is 196. The predicted octanol–water partition coefficient (Wildman–Crippen LogP) is 4.48. The SMILES string of the molecule is CCCC(=C(C)C)C(C)=C(C)C. The van der Waals surface area contributed by atoms with E-state index >= 15 is 0 Å². The van der Waals surface area contributed by atoms with Crippen LogP contribution >= 0.6 is 0 Å². The number of hydrogen-bond acceptors (Lipinski definition) is 0. The van der Waals surface area contributed by atoms with Crippen LogP contribution in [0.15, 0.2) is 22.3 Å². The summed E-state index contributed by atoms with van der Waals surface area (Å²) >= 11 is 0. The van der Waals surface area contributed by atoms with E-state index in [0.29, 0.717) is 0 Å². The number of allylic oxidation sites excluding steroid dienone is 4. The molecule has 0 atom stereocenters. The fourth-order valence-corrected chi connectivity index (χ4v) is 1.36. The summed E-state index contributed by atoms with van der Waals surface area (Å²) in [5.41, 5.74) is 5.95. The highest BCUT2D eigenvalue weighted by Crippen LogP contribution is 2.22. The molecule has 0 heterocycles. The highest BCUT2D eigenvalue weighted by molar-refractivity contribution is 5.35. The molecule has 0 saturated heterocycles. The second-order valence-corrected chi connectivity index (χ2v) is 3.85. The van der Waals surface area contributed by atoms with E-state index in [-0.39, 0.29) is 0 Å². The van der Waals surface area contributed by atoms with Crippen LogP contribution in [0.25, 0.3) is 0 Å². The smallest absolute Gasteiger partial charge is 0.0280 e. The number of rotatable bonds is 3. The third-order valence-electron chi connectivity index (χ3n) is 2.31. The standard InChI is InChI=1S/C12H22/c1-7-8-12(10(4)5)11(6)9(2)3/h7-8H2,1-6H3. The van der Waals surface area contributed by atoms with Gasteiger partial charge >= 0.3 is 0 Å². The van der Waals surface area contributed by atoms with Crippen molar-refractivity contribution in [3.8, 4) is 0 Å². The zero-order chi connectivity index (χ0) is 9.72. The molecular weight excluding hydrogens is 144 g/mol. The molecule has 0 spiro atoms. The van der Waals surface area contributed by atoms with Crippen LogP contribution in [-0.4, -0.2) is 0 Å². The van der Waals surface area contributed by atoms with Crippen molar-refractivity contribution in [1.82, 2.24) is 0 Å². The van der Waals surface area contributed by atoms with Gasteiger partial charge in [-0.05, 0) is 52.2 Å². The van der Waals surface area contributed by atoms with Crippen LogP contribution in [0.4, 0.5) is 0 Å². The first-order valence-electron chi connectivity index (χ1n) is 4.81.